The summed E-state index contributed by atoms with van der Waals surface area (Å²) in [6, 6.07) is 1.78. The highest BCUT2D eigenvalue weighted by molar-refractivity contribution is 5.90. The highest BCUT2D eigenvalue weighted by atomic mass is 19.4. The number of nitrogens with zero attached hydrogens (tertiary/aromatic N) is 4. The normalized spacial score (nSPS) is 18.4. The third-order valence-electron chi connectivity index (χ3n) is 6.35. The molecule has 1 aliphatic heterocycles. The molecule has 0 aromatic carbocycles. The van der Waals surface area contributed by atoms with Crippen LogP contribution < -0.4 is 10.6 Å². The van der Waals surface area contributed by atoms with E-state index in [1.165, 1.54) is 11.1 Å². The number of carboxylic acid groups (broad SMARTS) is 1. The van der Waals surface area contributed by atoms with E-state index < -0.39 is 23.7 Å². The summed E-state index contributed by atoms with van der Waals surface area (Å²) in [6.07, 6.45) is -0.513. The van der Waals surface area contributed by atoms with Gasteiger partial charge in [0.15, 0.2) is 5.69 Å². The van der Waals surface area contributed by atoms with E-state index in [2.05, 4.69) is 9.97 Å². The van der Waals surface area contributed by atoms with Crippen LogP contribution in [0.3, 0.4) is 0 Å². The zero-order valence-electron chi connectivity index (χ0n) is 17.0. The number of hydrogen-bond donors (Lipinski definition) is 2. The van der Waals surface area contributed by atoms with E-state index in [4.69, 9.17) is 10.2 Å². The summed E-state index contributed by atoms with van der Waals surface area (Å²) in [7, 11) is 0. The van der Waals surface area contributed by atoms with Gasteiger partial charge in [0.1, 0.15) is 18.6 Å². The summed E-state index contributed by atoms with van der Waals surface area (Å²) < 4.78 is 44.1. The van der Waals surface area contributed by atoms with Crippen LogP contribution in [0.5, 0.6) is 0 Å². The predicted octanol–water partition coefficient (Wildman–Crippen LogP) is 3.12. The number of rotatable bonds is 5. The highest BCUT2D eigenvalue weighted by Crippen LogP contribution is 2.51. The maximum atomic E-state index is 13.0. The SMILES string of the molecule is NC(=O)c1coc(CN(C(=O)O)C2CC3(CCN(c4cc(C(F)(F)F)ccn4)CC3)C2)n1. The minimum Gasteiger partial charge on any atom is -0.465 e. The molecule has 3 N–H and O–H groups in total. The number of anilines is 1. The average molecular weight is 453 g/mol. The Morgan fingerprint density at radius 1 is 1.31 bits per heavy atom. The summed E-state index contributed by atoms with van der Waals surface area (Å²) in [6.45, 7) is 1.01. The monoisotopic (exact) mass is 453 g/mol. The number of primary amides is 1. The molecular weight excluding hydrogens is 431 g/mol. The first kappa shape index (κ1) is 21.9. The van der Waals surface area contributed by atoms with E-state index in [-0.39, 0.29) is 29.6 Å². The molecule has 2 fully saturated rings. The molecule has 3 heterocycles. The Labute approximate surface area is 181 Å². The standard InChI is InChI=1S/C20H22F3N5O4/c21-20(22,23)12-1-4-25-15(7-12)27-5-2-19(3-6-27)8-13(9-19)28(18(30)31)10-16-26-14(11-32-16)17(24)29/h1,4,7,11,13H,2-3,5-6,8-10H2,(H2,24,29)(H,30,31). The summed E-state index contributed by atoms with van der Waals surface area (Å²) in [5.41, 5.74) is 4.29. The van der Waals surface area contributed by atoms with Crippen LogP contribution in [0.25, 0.3) is 0 Å². The van der Waals surface area contributed by atoms with Gasteiger partial charge in [0.25, 0.3) is 5.91 Å². The Morgan fingerprint density at radius 3 is 2.56 bits per heavy atom. The molecule has 0 bridgehead atoms. The zero-order valence-corrected chi connectivity index (χ0v) is 17.0. The van der Waals surface area contributed by atoms with Gasteiger partial charge in [-0.25, -0.2) is 14.8 Å². The number of nitrogens with two attached hydrogens (primary N) is 1. The van der Waals surface area contributed by atoms with E-state index in [1.807, 2.05) is 4.90 Å². The lowest BCUT2D eigenvalue weighted by atomic mass is 9.60. The number of aromatic nitrogens is 2. The van der Waals surface area contributed by atoms with E-state index in [0.717, 1.165) is 31.2 Å². The van der Waals surface area contributed by atoms with Crippen molar-refractivity contribution in [3.63, 3.8) is 0 Å². The molecule has 32 heavy (non-hydrogen) atoms. The Kier molecular flexibility index (Phi) is 5.47. The van der Waals surface area contributed by atoms with Gasteiger partial charge >= 0.3 is 12.3 Å². The molecule has 2 aliphatic rings. The maximum absolute atomic E-state index is 13.0. The molecule has 0 radical (unpaired) electrons. The van der Waals surface area contributed by atoms with Crippen LogP contribution in [0.15, 0.2) is 29.0 Å². The number of hydrogen-bond acceptors (Lipinski definition) is 6. The molecule has 1 aliphatic carbocycles. The molecule has 0 unspecified atom stereocenters. The second kappa shape index (κ2) is 7.99. The Morgan fingerprint density at radius 2 is 2.00 bits per heavy atom. The fraction of sp³-hybridized carbons (Fsp3) is 0.500. The van der Waals surface area contributed by atoms with Crippen LogP contribution in [0.4, 0.5) is 23.8 Å². The molecule has 2 amide bonds. The van der Waals surface area contributed by atoms with Crippen molar-refractivity contribution < 1.29 is 32.3 Å². The lowest BCUT2D eigenvalue weighted by molar-refractivity contribution is -0.137. The second-order valence-corrected chi connectivity index (χ2v) is 8.35. The average Bonchev–Trinajstić information content (AvgIpc) is 3.19. The lowest BCUT2D eigenvalue weighted by Gasteiger charge is -2.54. The largest absolute Gasteiger partial charge is 0.465 e. The highest BCUT2D eigenvalue weighted by Gasteiger charge is 2.49. The van der Waals surface area contributed by atoms with Crippen molar-refractivity contribution >= 4 is 17.8 Å². The van der Waals surface area contributed by atoms with Gasteiger partial charge in [-0.1, -0.05) is 0 Å². The minimum atomic E-state index is -4.42. The predicted molar refractivity (Wildman–Crippen MR) is 105 cm³/mol. The van der Waals surface area contributed by atoms with Crippen molar-refractivity contribution in [3.05, 3.63) is 41.7 Å². The van der Waals surface area contributed by atoms with Crippen molar-refractivity contribution in [2.75, 3.05) is 18.0 Å². The first-order valence-corrected chi connectivity index (χ1v) is 10.1. The van der Waals surface area contributed by atoms with Gasteiger partial charge in [-0.05, 0) is 43.2 Å². The van der Waals surface area contributed by atoms with E-state index in [0.29, 0.717) is 31.7 Å². The van der Waals surface area contributed by atoms with Crippen molar-refractivity contribution in [1.82, 2.24) is 14.9 Å². The smallest absolute Gasteiger partial charge is 0.416 e. The molecule has 4 rings (SSSR count). The second-order valence-electron chi connectivity index (χ2n) is 8.35. The van der Waals surface area contributed by atoms with Crippen molar-refractivity contribution in [3.8, 4) is 0 Å². The molecule has 12 heteroatoms. The number of oxazole rings is 1. The molecule has 0 atom stereocenters. The quantitative estimate of drug-likeness (QED) is 0.712. The van der Waals surface area contributed by atoms with Crippen molar-refractivity contribution in [2.45, 2.75) is 44.4 Å². The molecule has 9 nitrogen and oxygen atoms in total. The number of piperidine rings is 1. The number of carbonyl (C=O) groups is 2. The van der Waals surface area contributed by atoms with Crippen LogP contribution in [0.1, 0.15) is 47.6 Å². The Balaban J connectivity index is 1.35. The van der Waals surface area contributed by atoms with Crippen LogP contribution in [0, 0.1) is 5.41 Å². The van der Waals surface area contributed by atoms with Gasteiger partial charge in [-0.2, -0.15) is 13.2 Å². The number of alkyl halides is 3. The molecule has 1 saturated carbocycles. The molecule has 1 saturated heterocycles. The minimum absolute atomic E-state index is 0.0501. The third-order valence-corrected chi connectivity index (χ3v) is 6.35. The molecule has 172 valence electrons. The first-order valence-electron chi connectivity index (χ1n) is 10.1. The van der Waals surface area contributed by atoms with Crippen molar-refractivity contribution in [2.24, 2.45) is 11.1 Å². The number of carbonyl (C=O) groups excluding carboxylic acids is 1. The Hall–Kier alpha value is -3.31. The number of pyridine rings is 1. The summed E-state index contributed by atoms with van der Waals surface area (Å²) in [5.74, 6) is -0.369. The van der Waals surface area contributed by atoms with E-state index >= 15 is 0 Å². The lowest BCUT2D eigenvalue weighted by Crippen LogP contribution is -2.56. The third kappa shape index (κ3) is 4.34. The zero-order chi connectivity index (χ0) is 23.1. The first-order chi connectivity index (χ1) is 15.1. The number of amides is 2. The Bertz CT molecular complexity index is 1010. The summed E-state index contributed by atoms with van der Waals surface area (Å²) in [5, 5.41) is 9.61. The molecule has 2 aromatic rings. The van der Waals surface area contributed by atoms with E-state index in [1.54, 1.807) is 0 Å². The van der Waals surface area contributed by atoms with Crippen LogP contribution in [0.2, 0.25) is 0 Å². The van der Waals surface area contributed by atoms with Crippen molar-refractivity contribution in [1.29, 1.82) is 0 Å². The van der Waals surface area contributed by atoms with Crippen LogP contribution >= 0.6 is 0 Å². The van der Waals surface area contributed by atoms with Gasteiger partial charge in [0, 0.05) is 25.3 Å². The molecular formula is C20H22F3N5O4. The summed E-state index contributed by atoms with van der Waals surface area (Å²) in [4.78, 5) is 34.0. The maximum Gasteiger partial charge on any atom is 0.416 e. The van der Waals surface area contributed by atoms with Crippen LogP contribution in [-0.4, -0.2) is 51.1 Å². The van der Waals surface area contributed by atoms with Gasteiger partial charge in [-0.15, -0.1) is 0 Å². The van der Waals surface area contributed by atoms with Gasteiger partial charge in [0.2, 0.25) is 5.89 Å². The number of halogens is 3. The fourth-order valence-corrected chi connectivity index (χ4v) is 4.54. The molecule has 1 spiro atoms. The topological polar surface area (TPSA) is 126 Å². The van der Waals surface area contributed by atoms with Crippen LogP contribution in [-0.2, 0) is 12.7 Å². The van der Waals surface area contributed by atoms with Gasteiger partial charge in [-0.3, -0.25) is 9.69 Å². The molecule has 2 aromatic heterocycles. The van der Waals surface area contributed by atoms with Gasteiger partial charge < -0.3 is 20.2 Å². The fourth-order valence-electron chi connectivity index (χ4n) is 4.54. The van der Waals surface area contributed by atoms with E-state index in [9.17, 15) is 27.9 Å². The summed E-state index contributed by atoms with van der Waals surface area (Å²) >= 11 is 0. The van der Waals surface area contributed by atoms with Gasteiger partial charge in [0.05, 0.1) is 5.56 Å².